The van der Waals surface area contributed by atoms with Gasteiger partial charge in [0.15, 0.2) is 0 Å². The van der Waals surface area contributed by atoms with E-state index in [2.05, 4.69) is 110 Å². The van der Waals surface area contributed by atoms with Crippen LogP contribution in [-0.2, 0) is 16.1 Å². The molecule has 0 saturated carbocycles. The van der Waals surface area contributed by atoms with E-state index in [4.69, 9.17) is 4.74 Å². The van der Waals surface area contributed by atoms with Crippen LogP contribution in [0.2, 0.25) is 0 Å². The molecule has 1 heterocycles. The van der Waals surface area contributed by atoms with E-state index in [1.54, 1.807) is 0 Å². The maximum atomic E-state index is 11.9. The number of aryl methyl sites for hydroxylation is 1. The number of esters is 1. The second kappa shape index (κ2) is 15.9. The number of rotatable bonds is 16. The highest BCUT2D eigenvalue weighted by Crippen LogP contribution is 2.24. The van der Waals surface area contributed by atoms with Crippen LogP contribution in [0.15, 0.2) is 54.7 Å². The fraction of sp³-hybridized carbons (Fsp3) is 0.514. The van der Waals surface area contributed by atoms with E-state index in [1.807, 2.05) is 20.8 Å². The highest BCUT2D eigenvalue weighted by molar-refractivity contribution is 5.88. The number of carbonyl (C=O) groups is 1. The van der Waals surface area contributed by atoms with E-state index in [0.717, 1.165) is 37.9 Å². The molecule has 0 unspecified atom stereocenters. The number of hydrogen-bond donors (Lipinski definition) is 0. The van der Waals surface area contributed by atoms with Crippen molar-refractivity contribution in [3.8, 4) is 0 Å². The van der Waals surface area contributed by atoms with Crippen molar-refractivity contribution < 1.29 is 18.6 Å². The molecule has 0 aliphatic rings. The molecule has 0 bridgehead atoms. The minimum Gasteiger partial charge on any atom is -0.460 e. The molecule has 228 valence electrons. The van der Waals surface area contributed by atoms with Crippen LogP contribution in [0.3, 0.4) is 0 Å². The average Bonchev–Trinajstić information content (AvgIpc) is 2.97. The van der Waals surface area contributed by atoms with Gasteiger partial charge < -0.3 is 18.7 Å². The largest absolute Gasteiger partial charge is 0.460 e. The number of hydrogen-bond acceptors (Lipinski definition) is 3. The standard InChI is InChI=1S/C37H54N3O2/c1-8-40(9-2,10-3)28-14-25-39-26-22-31(23-27-39)16-17-32-18-19-34-30-35(21-20-33(34)29-32)38(7)24-13-11-12-15-36(41)42-37(4,5)6/h16-23,26,29-30H,8-15,24-25,28H2,1-7H3/q+1/b17-16+. The lowest BCUT2D eigenvalue weighted by atomic mass is 10.0. The minimum atomic E-state index is -0.404. The van der Waals surface area contributed by atoms with Gasteiger partial charge in [-0.3, -0.25) is 4.79 Å². The predicted octanol–water partition coefficient (Wildman–Crippen LogP) is 7.70. The summed E-state index contributed by atoms with van der Waals surface area (Å²) in [5.74, 6) is -0.0996. The Morgan fingerprint density at radius 3 is 2.26 bits per heavy atom. The topological polar surface area (TPSA) is 33.4 Å². The van der Waals surface area contributed by atoms with Gasteiger partial charge in [-0.25, -0.2) is 0 Å². The molecular weight excluding hydrogens is 518 g/mol. The first kappa shape index (κ1) is 33.3. The molecule has 3 aromatic rings. The molecule has 5 heteroatoms. The maximum Gasteiger partial charge on any atom is 0.306 e. The third-order valence-electron chi connectivity index (χ3n) is 8.44. The number of nitrogens with zero attached hydrogens (tertiary/aromatic N) is 3. The monoisotopic (exact) mass is 572 g/mol. The lowest BCUT2D eigenvalue weighted by Gasteiger charge is -2.35. The molecule has 42 heavy (non-hydrogen) atoms. The summed E-state index contributed by atoms with van der Waals surface area (Å²) in [7, 11) is 2.14. The van der Waals surface area contributed by atoms with Crippen molar-refractivity contribution in [1.29, 1.82) is 0 Å². The van der Waals surface area contributed by atoms with Gasteiger partial charge in [-0.05, 0) is 88.9 Å². The Balaban J connectivity index is 1.48. The lowest BCUT2D eigenvalue weighted by Crippen LogP contribution is -2.49. The smallest absolute Gasteiger partial charge is 0.306 e. The van der Waals surface area contributed by atoms with Crippen LogP contribution in [0.4, 0.5) is 5.69 Å². The van der Waals surface area contributed by atoms with Gasteiger partial charge in [0.25, 0.3) is 0 Å². The Labute approximate surface area is 255 Å². The third-order valence-corrected chi connectivity index (χ3v) is 8.44. The number of carbonyl (C=O) groups excluding carboxylic acids is 1. The van der Waals surface area contributed by atoms with Gasteiger partial charge in [-0.1, -0.05) is 30.7 Å². The minimum absolute atomic E-state index is 0.0996. The Hall–Kier alpha value is -3.18. The molecule has 3 rings (SSSR count). The first-order valence-electron chi connectivity index (χ1n) is 16.0. The third kappa shape index (κ3) is 10.6. The molecule has 1 aromatic heterocycles. The Morgan fingerprint density at radius 1 is 0.905 bits per heavy atom. The summed E-state index contributed by atoms with van der Waals surface area (Å²) in [5.41, 5.74) is 3.17. The number of ether oxygens (including phenoxy) is 1. The molecule has 0 saturated heterocycles. The van der Waals surface area contributed by atoms with Gasteiger partial charge in [0.2, 0.25) is 0 Å². The number of aromatic nitrogens is 1. The molecule has 0 radical (unpaired) electrons. The molecular formula is C37H54N3O2+. The maximum absolute atomic E-state index is 11.9. The van der Waals surface area contributed by atoms with Crippen molar-refractivity contribution >= 4 is 34.6 Å². The molecule has 0 amide bonds. The molecule has 0 fully saturated rings. The Kier molecular flexibility index (Phi) is 12.6. The van der Waals surface area contributed by atoms with Gasteiger partial charge >= 0.3 is 5.97 Å². The van der Waals surface area contributed by atoms with Crippen LogP contribution in [-0.4, -0.2) is 55.8 Å². The normalized spacial score (nSPS) is 12.3. The van der Waals surface area contributed by atoms with Crippen LogP contribution >= 0.6 is 0 Å². The average molecular weight is 573 g/mol. The van der Waals surface area contributed by atoms with E-state index in [9.17, 15) is 4.79 Å². The number of benzene rings is 2. The lowest BCUT2D eigenvalue weighted by molar-refractivity contribution is -0.925. The van der Waals surface area contributed by atoms with Crippen molar-refractivity contribution in [2.75, 3.05) is 44.7 Å². The fourth-order valence-corrected chi connectivity index (χ4v) is 5.49. The molecule has 2 aromatic carbocycles. The van der Waals surface area contributed by atoms with E-state index >= 15 is 0 Å². The summed E-state index contributed by atoms with van der Waals surface area (Å²) in [6.45, 7) is 19.5. The van der Waals surface area contributed by atoms with Gasteiger partial charge in [0.1, 0.15) is 18.3 Å². The van der Waals surface area contributed by atoms with Gasteiger partial charge in [0, 0.05) is 25.7 Å². The second-order valence-electron chi connectivity index (χ2n) is 12.6. The van der Waals surface area contributed by atoms with Gasteiger partial charge in [-0.2, -0.15) is 0 Å². The SMILES string of the molecule is CC[N+](CC)(CC)CCC[n+]1[c-]cc(/C=C/c2ccc3cc(N(C)CCCCCC(=O)OC(C)(C)C)ccc3c2)cc1. The van der Waals surface area contributed by atoms with Crippen LogP contribution < -0.4 is 9.47 Å². The second-order valence-corrected chi connectivity index (χ2v) is 12.6. The summed E-state index contributed by atoms with van der Waals surface area (Å²) in [4.78, 5) is 14.2. The molecule has 0 N–H and O–H groups in total. The summed E-state index contributed by atoms with van der Waals surface area (Å²) < 4.78 is 8.78. The van der Waals surface area contributed by atoms with Crippen LogP contribution in [0, 0.1) is 6.20 Å². The van der Waals surface area contributed by atoms with Crippen molar-refractivity contribution in [2.45, 2.75) is 85.8 Å². The van der Waals surface area contributed by atoms with Crippen LogP contribution in [0.25, 0.3) is 22.9 Å². The Morgan fingerprint density at radius 2 is 1.60 bits per heavy atom. The highest BCUT2D eigenvalue weighted by Gasteiger charge is 2.20. The predicted molar refractivity (Wildman–Crippen MR) is 177 cm³/mol. The fourth-order valence-electron chi connectivity index (χ4n) is 5.49. The summed E-state index contributed by atoms with van der Waals surface area (Å²) in [5, 5.41) is 2.48. The van der Waals surface area contributed by atoms with Gasteiger partial charge in [0.05, 0.1) is 38.8 Å². The van der Waals surface area contributed by atoms with Crippen molar-refractivity contribution in [3.63, 3.8) is 0 Å². The van der Waals surface area contributed by atoms with E-state index in [0.29, 0.717) is 6.42 Å². The van der Waals surface area contributed by atoms with E-state index < -0.39 is 5.60 Å². The van der Waals surface area contributed by atoms with Gasteiger partial charge in [-0.15, -0.1) is 23.8 Å². The zero-order chi connectivity index (χ0) is 30.6. The molecule has 5 nitrogen and oxygen atoms in total. The quantitative estimate of drug-likeness (QED) is 0.0580. The number of unbranched alkanes of at least 4 members (excludes halogenated alkanes) is 2. The number of pyridine rings is 1. The number of fused-ring (bicyclic) bond motifs is 1. The molecule has 0 aliphatic heterocycles. The van der Waals surface area contributed by atoms with Crippen molar-refractivity contribution in [1.82, 2.24) is 0 Å². The van der Waals surface area contributed by atoms with Crippen molar-refractivity contribution in [2.24, 2.45) is 0 Å². The van der Waals surface area contributed by atoms with E-state index in [-0.39, 0.29) is 5.97 Å². The summed E-state index contributed by atoms with van der Waals surface area (Å²) >= 11 is 0. The summed E-state index contributed by atoms with van der Waals surface area (Å²) in [6.07, 6.45) is 14.5. The van der Waals surface area contributed by atoms with E-state index in [1.165, 1.54) is 59.1 Å². The first-order valence-corrected chi connectivity index (χ1v) is 16.0. The Bertz CT molecular complexity index is 1280. The first-order chi connectivity index (χ1) is 20.1. The molecule has 0 aliphatic carbocycles. The zero-order valence-corrected chi connectivity index (χ0v) is 27.3. The van der Waals surface area contributed by atoms with Crippen LogP contribution in [0.5, 0.6) is 0 Å². The number of quaternary nitrogens is 1. The van der Waals surface area contributed by atoms with Crippen molar-refractivity contribution in [3.05, 3.63) is 72.1 Å². The highest BCUT2D eigenvalue weighted by atomic mass is 16.6. The number of anilines is 1. The summed E-state index contributed by atoms with van der Waals surface area (Å²) in [6, 6.07) is 17.6. The van der Waals surface area contributed by atoms with Crippen LogP contribution in [0.1, 0.15) is 84.8 Å². The molecule has 0 spiro atoms. The molecule has 0 atom stereocenters. The zero-order valence-electron chi connectivity index (χ0n) is 27.3.